The number of aliphatic carboxylic acids is 1. The molecule has 6 heteroatoms. The van der Waals surface area contributed by atoms with Gasteiger partial charge in [-0.05, 0) is 37.3 Å². The average Bonchev–Trinajstić information content (AvgIpc) is 3.48. The molecule has 1 unspecified atom stereocenters. The normalized spacial score (nSPS) is 17.5. The highest BCUT2D eigenvalue weighted by Gasteiger charge is 2.42. The van der Waals surface area contributed by atoms with E-state index in [0.29, 0.717) is 42.2 Å². The Labute approximate surface area is 156 Å². The van der Waals surface area contributed by atoms with E-state index in [0.717, 1.165) is 12.8 Å². The van der Waals surface area contributed by atoms with Crippen molar-refractivity contribution in [1.29, 1.82) is 0 Å². The smallest absolute Gasteiger partial charge is 0.303 e. The number of ether oxygens (including phenoxy) is 1. The molecule has 2 bridgehead atoms. The minimum absolute atomic E-state index is 0.00852. The molecule has 5 rings (SSSR count). The quantitative estimate of drug-likeness (QED) is 0.644. The lowest BCUT2D eigenvalue weighted by Crippen LogP contribution is -2.35. The van der Waals surface area contributed by atoms with Crippen molar-refractivity contribution in [3.63, 3.8) is 0 Å². The molecule has 142 valence electrons. The van der Waals surface area contributed by atoms with Crippen molar-refractivity contribution in [3.8, 4) is 16.9 Å². The van der Waals surface area contributed by atoms with Crippen molar-refractivity contribution in [2.75, 3.05) is 13.2 Å². The van der Waals surface area contributed by atoms with Crippen LogP contribution in [0.4, 0.5) is 8.78 Å². The van der Waals surface area contributed by atoms with E-state index in [1.54, 1.807) is 0 Å². The maximum Gasteiger partial charge on any atom is 0.303 e. The Balaban J connectivity index is 1.65. The van der Waals surface area contributed by atoms with Crippen molar-refractivity contribution >= 4 is 5.97 Å². The van der Waals surface area contributed by atoms with Crippen LogP contribution in [0.5, 0.6) is 5.75 Å². The molecular formula is C21H21F2NO3. The van der Waals surface area contributed by atoms with Crippen molar-refractivity contribution in [2.24, 2.45) is 5.92 Å². The van der Waals surface area contributed by atoms with Crippen LogP contribution in [-0.4, -0.2) is 24.2 Å². The monoisotopic (exact) mass is 373 g/mol. The predicted molar refractivity (Wildman–Crippen MR) is 96.7 cm³/mol. The maximum absolute atomic E-state index is 15.1. The van der Waals surface area contributed by atoms with Gasteiger partial charge >= 0.3 is 5.97 Å². The third-order valence-corrected chi connectivity index (χ3v) is 5.12. The molecule has 3 aliphatic rings. The molecular weight excluding hydrogens is 352 g/mol. The number of rotatable bonds is 9. The number of carboxylic acid groups (broad SMARTS) is 1. The maximum atomic E-state index is 15.1. The predicted octanol–water partition coefficient (Wildman–Crippen LogP) is 4.28. The van der Waals surface area contributed by atoms with Crippen molar-refractivity contribution in [1.82, 2.24) is 5.32 Å². The van der Waals surface area contributed by atoms with Crippen LogP contribution < -0.4 is 10.1 Å². The van der Waals surface area contributed by atoms with Gasteiger partial charge in [0, 0.05) is 23.1 Å². The summed E-state index contributed by atoms with van der Waals surface area (Å²) in [4.78, 5) is 10.6. The third kappa shape index (κ3) is 3.41. The molecule has 2 N–H and O–H groups in total. The summed E-state index contributed by atoms with van der Waals surface area (Å²) in [6.07, 6.45) is 2.57. The van der Waals surface area contributed by atoms with E-state index in [2.05, 4.69) is 5.32 Å². The Bertz CT molecular complexity index is 866. The molecule has 1 saturated carbocycles. The second-order valence-corrected chi connectivity index (χ2v) is 7.16. The standard InChI is InChI=1S/C21H21F2NO3/c22-18-16-15(13-5-2-1-3-6-13)21(27-11-12-8-9-12)19(23)17(18)20(16)24-10-4-7-14(25)26/h1-3,5-6,12,20,24H,4,7-11H2,(H,25,26). The molecule has 27 heavy (non-hydrogen) atoms. The van der Waals surface area contributed by atoms with Gasteiger partial charge in [-0.25, -0.2) is 8.78 Å². The molecule has 0 radical (unpaired) electrons. The summed E-state index contributed by atoms with van der Waals surface area (Å²) in [6, 6.07) is 8.56. The third-order valence-electron chi connectivity index (χ3n) is 5.12. The van der Waals surface area contributed by atoms with Gasteiger partial charge in [0.25, 0.3) is 0 Å². The van der Waals surface area contributed by atoms with E-state index >= 15 is 4.39 Å². The first kappa shape index (κ1) is 17.9. The second kappa shape index (κ2) is 7.27. The SMILES string of the molecule is O=C(O)CCCNC1c2c(F)c(OCC3CC3)c(-c3ccccc3)c1c2F. The van der Waals surface area contributed by atoms with E-state index in [1.165, 1.54) is 0 Å². The second-order valence-electron chi connectivity index (χ2n) is 7.16. The van der Waals surface area contributed by atoms with Crippen LogP contribution in [-0.2, 0) is 4.79 Å². The molecule has 4 nitrogen and oxygen atoms in total. The first-order valence-electron chi connectivity index (χ1n) is 9.26. The zero-order valence-corrected chi connectivity index (χ0v) is 14.8. The Morgan fingerprint density at radius 2 is 1.89 bits per heavy atom. The van der Waals surface area contributed by atoms with Gasteiger partial charge in [-0.1, -0.05) is 30.3 Å². The molecule has 0 aliphatic heterocycles. The summed E-state index contributed by atoms with van der Waals surface area (Å²) >= 11 is 0. The lowest BCUT2D eigenvalue weighted by Gasteiger charge is -2.35. The molecule has 1 fully saturated rings. The van der Waals surface area contributed by atoms with E-state index in [4.69, 9.17) is 9.84 Å². The number of hydrogen-bond donors (Lipinski definition) is 2. The highest BCUT2D eigenvalue weighted by Crippen LogP contribution is 2.52. The molecule has 2 aromatic carbocycles. The molecule has 1 atom stereocenters. The van der Waals surface area contributed by atoms with Crippen LogP contribution in [0.3, 0.4) is 0 Å². The number of fused-ring (bicyclic) bond motifs is 2. The van der Waals surface area contributed by atoms with Crippen LogP contribution in [0.1, 0.15) is 42.9 Å². The first-order chi connectivity index (χ1) is 13.1. The summed E-state index contributed by atoms with van der Waals surface area (Å²) in [5.74, 6) is -1.50. The van der Waals surface area contributed by atoms with E-state index in [1.807, 2.05) is 30.3 Å². The average molecular weight is 373 g/mol. The number of hydrogen-bond acceptors (Lipinski definition) is 3. The fourth-order valence-electron chi connectivity index (χ4n) is 3.50. The Kier molecular flexibility index (Phi) is 4.83. The minimum Gasteiger partial charge on any atom is -0.490 e. The van der Waals surface area contributed by atoms with Gasteiger partial charge in [-0.2, -0.15) is 0 Å². The number of halogens is 2. The topological polar surface area (TPSA) is 58.6 Å². The molecule has 0 saturated heterocycles. The largest absolute Gasteiger partial charge is 0.490 e. The Morgan fingerprint density at radius 3 is 2.56 bits per heavy atom. The minimum atomic E-state index is -0.887. The van der Waals surface area contributed by atoms with Gasteiger partial charge in [0.05, 0.1) is 12.6 Å². The number of nitrogens with one attached hydrogen (secondary N) is 1. The van der Waals surface area contributed by atoms with Gasteiger partial charge in [-0.15, -0.1) is 0 Å². The van der Waals surface area contributed by atoms with Crippen LogP contribution in [0.2, 0.25) is 0 Å². The first-order valence-corrected chi connectivity index (χ1v) is 9.26. The van der Waals surface area contributed by atoms with Crippen molar-refractivity contribution < 1.29 is 23.4 Å². The summed E-state index contributed by atoms with van der Waals surface area (Å²) < 4.78 is 35.5. The van der Waals surface area contributed by atoms with Gasteiger partial charge in [0.15, 0.2) is 11.6 Å². The molecule has 2 aromatic rings. The van der Waals surface area contributed by atoms with Crippen LogP contribution in [0.25, 0.3) is 11.1 Å². The Morgan fingerprint density at radius 1 is 1.15 bits per heavy atom. The van der Waals surface area contributed by atoms with E-state index in [9.17, 15) is 9.18 Å². The van der Waals surface area contributed by atoms with Gasteiger partial charge in [0.1, 0.15) is 5.82 Å². The highest BCUT2D eigenvalue weighted by molar-refractivity contribution is 5.80. The van der Waals surface area contributed by atoms with E-state index in [-0.39, 0.29) is 17.7 Å². The molecule has 0 heterocycles. The lowest BCUT2D eigenvalue weighted by molar-refractivity contribution is -0.137. The van der Waals surface area contributed by atoms with Crippen LogP contribution >= 0.6 is 0 Å². The zero-order valence-electron chi connectivity index (χ0n) is 14.8. The lowest BCUT2D eigenvalue weighted by atomic mass is 9.78. The van der Waals surface area contributed by atoms with Crippen LogP contribution in [0.15, 0.2) is 30.3 Å². The summed E-state index contributed by atoms with van der Waals surface area (Å²) in [5, 5.41) is 11.8. The number of carboxylic acids is 1. The van der Waals surface area contributed by atoms with Gasteiger partial charge < -0.3 is 15.2 Å². The highest BCUT2D eigenvalue weighted by atomic mass is 19.1. The molecule has 3 aliphatic carbocycles. The zero-order chi connectivity index (χ0) is 19.0. The number of carbonyl (C=O) groups is 1. The Hall–Kier alpha value is -2.47. The summed E-state index contributed by atoms with van der Waals surface area (Å²) in [5.41, 5.74) is 1.56. The number of benzene rings is 2. The molecule has 0 amide bonds. The molecule has 0 aromatic heterocycles. The summed E-state index contributed by atoms with van der Waals surface area (Å²) in [7, 11) is 0. The van der Waals surface area contributed by atoms with Crippen molar-refractivity contribution in [2.45, 2.75) is 31.7 Å². The molecule has 0 spiro atoms. The van der Waals surface area contributed by atoms with Gasteiger partial charge in [0.2, 0.25) is 0 Å². The van der Waals surface area contributed by atoms with Crippen molar-refractivity contribution in [3.05, 3.63) is 53.1 Å². The summed E-state index contributed by atoms with van der Waals surface area (Å²) in [6.45, 7) is 0.808. The van der Waals surface area contributed by atoms with E-state index < -0.39 is 23.6 Å². The fourth-order valence-corrected chi connectivity index (χ4v) is 3.50. The fraction of sp³-hybridized carbons (Fsp3) is 0.381. The van der Waals surface area contributed by atoms with Crippen LogP contribution in [0, 0.1) is 17.6 Å². The van der Waals surface area contributed by atoms with Gasteiger partial charge in [-0.3, -0.25) is 4.79 Å².